The van der Waals surface area contributed by atoms with Crippen LogP contribution in [0, 0.1) is 0 Å². The first-order valence-corrected chi connectivity index (χ1v) is 6.02. The Balaban J connectivity index is 2.79. The Morgan fingerprint density at radius 3 is 2.82 bits per heavy atom. The summed E-state index contributed by atoms with van der Waals surface area (Å²) < 4.78 is 11.2. The topological polar surface area (TPSA) is 55.8 Å². The van der Waals surface area contributed by atoms with Crippen LogP contribution in [0.25, 0.3) is 0 Å². The van der Waals surface area contributed by atoms with Gasteiger partial charge in [0.05, 0.1) is 6.10 Å². The molecule has 0 amide bonds. The molecule has 1 atom stereocenters. The van der Waals surface area contributed by atoms with Gasteiger partial charge < -0.3 is 14.6 Å². The number of carbonyl (C=O) groups is 1. The van der Waals surface area contributed by atoms with E-state index in [4.69, 9.17) is 14.6 Å². The molecular weight excluding hydrogens is 288 g/mol. The summed E-state index contributed by atoms with van der Waals surface area (Å²) in [5.74, 6) is -0.621. The molecule has 1 aromatic carbocycles. The predicted octanol–water partition coefficient (Wildman–Crippen LogP) is 2.95. The van der Waals surface area contributed by atoms with Gasteiger partial charge in [-0.2, -0.15) is 0 Å². The number of carboxylic acid groups (broad SMARTS) is 1. The van der Waals surface area contributed by atoms with Crippen molar-refractivity contribution in [1.29, 1.82) is 0 Å². The van der Waals surface area contributed by atoms with Gasteiger partial charge in [-0.1, -0.05) is 15.9 Å². The third-order valence-electron chi connectivity index (χ3n) is 2.23. The second-order valence-electron chi connectivity index (χ2n) is 3.66. The fourth-order valence-corrected chi connectivity index (χ4v) is 1.69. The SMILES string of the molecule is COCCC(C)Oc1ccc(Br)cc1C(=O)O. The summed E-state index contributed by atoms with van der Waals surface area (Å²) in [6, 6.07) is 4.93. The number of rotatable bonds is 6. The van der Waals surface area contributed by atoms with Crippen LogP contribution in [0.15, 0.2) is 22.7 Å². The highest BCUT2D eigenvalue weighted by molar-refractivity contribution is 9.10. The summed E-state index contributed by atoms with van der Waals surface area (Å²) in [6.07, 6.45) is 0.625. The van der Waals surface area contributed by atoms with Crippen molar-refractivity contribution in [2.24, 2.45) is 0 Å². The number of hydrogen-bond acceptors (Lipinski definition) is 3. The number of benzene rings is 1. The lowest BCUT2D eigenvalue weighted by Crippen LogP contribution is -2.16. The maximum absolute atomic E-state index is 11.0. The van der Waals surface area contributed by atoms with Gasteiger partial charge in [0.25, 0.3) is 0 Å². The Bertz CT molecular complexity index is 392. The monoisotopic (exact) mass is 302 g/mol. The molecule has 1 N–H and O–H groups in total. The van der Waals surface area contributed by atoms with Gasteiger partial charge in [0.1, 0.15) is 11.3 Å². The third-order valence-corrected chi connectivity index (χ3v) is 2.72. The molecular formula is C12H15BrO4. The van der Waals surface area contributed by atoms with E-state index in [-0.39, 0.29) is 11.7 Å². The lowest BCUT2D eigenvalue weighted by atomic mass is 10.2. The zero-order valence-corrected chi connectivity index (χ0v) is 11.4. The molecule has 1 rings (SSSR count). The number of aromatic carboxylic acids is 1. The van der Waals surface area contributed by atoms with Crippen LogP contribution in [-0.2, 0) is 4.74 Å². The Morgan fingerprint density at radius 1 is 1.53 bits per heavy atom. The van der Waals surface area contributed by atoms with Gasteiger partial charge in [0.2, 0.25) is 0 Å². The highest BCUT2D eigenvalue weighted by Gasteiger charge is 2.14. The van der Waals surface area contributed by atoms with E-state index >= 15 is 0 Å². The smallest absolute Gasteiger partial charge is 0.339 e. The van der Waals surface area contributed by atoms with Crippen LogP contribution in [0.1, 0.15) is 23.7 Å². The molecule has 0 spiro atoms. The Kier molecular flexibility index (Phi) is 5.44. The number of halogens is 1. The minimum atomic E-state index is -1.000. The first-order chi connectivity index (χ1) is 8.04. The minimum Gasteiger partial charge on any atom is -0.490 e. The van der Waals surface area contributed by atoms with Crippen molar-refractivity contribution >= 4 is 21.9 Å². The molecule has 17 heavy (non-hydrogen) atoms. The van der Waals surface area contributed by atoms with Crippen LogP contribution in [0.4, 0.5) is 0 Å². The second kappa shape index (κ2) is 6.61. The molecule has 0 heterocycles. The van der Waals surface area contributed by atoms with Gasteiger partial charge in [-0.15, -0.1) is 0 Å². The molecule has 0 radical (unpaired) electrons. The minimum absolute atomic E-state index is 0.0887. The van der Waals surface area contributed by atoms with E-state index in [1.165, 1.54) is 6.07 Å². The highest BCUT2D eigenvalue weighted by atomic mass is 79.9. The number of methoxy groups -OCH3 is 1. The van der Waals surface area contributed by atoms with Crippen molar-refractivity contribution in [2.45, 2.75) is 19.4 Å². The van der Waals surface area contributed by atoms with Crippen molar-refractivity contribution in [3.63, 3.8) is 0 Å². The Labute approximate surface area is 109 Å². The van der Waals surface area contributed by atoms with Crippen LogP contribution >= 0.6 is 15.9 Å². The van der Waals surface area contributed by atoms with Crippen LogP contribution in [0.3, 0.4) is 0 Å². The van der Waals surface area contributed by atoms with E-state index in [1.807, 2.05) is 6.92 Å². The van der Waals surface area contributed by atoms with Crippen LogP contribution in [0.5, 0.6) is 5.75 Å². The van der Waals surface area contributed by atoms with Gasteiger partial charge >= 0.3 is 5.97 Å². The molecule has 0 saturated heterocycles. The largest absolute Gasteiger partial charge is 0.490 e. The van der Waals surface area contributed by atoms with Crippen LogP contribution < -0.4 is 4.74 Å². The molecule has 4 nitrogen and oxygen atoms in total. The molecule has 0 saturated carbocycles. The van der Waals surface area contributed by atoms with E-state index in [2.05, 4.69) is 15.9 Å². The molecule has 0 bridgehead atoms. The Morgan fingerprint density at radius 2 is 2.24 bits per heavy atom. The fourth-order valence-electron chi connectivity index (χ4n) is 1.33. The van der Waals surface area contributed by atoms with Gasteiger partial charge in [-0.25, -0.2) is 4.79 Å². The number of ether oxygens (including phenoxy) is 2. The highest BCUT2D eigenvalue weighted by Crippen LogP contribution is 2.24. The number of carboxylic acids is 1. The Hall–Kier alpha value is -1.07. The summed E-state index contributed by atoms with van der Waals surface area (Å²) in [5, 5.41) is 9.05. The quantitative estimate of drug-likeness (QED) is 0.878. The molecule has 0 aliphatic heterocycles. The van der Waals surface area contributed by atoms with Crippen molar-refractivity contribution in [3.8, 4) is 5.75 Å². The van der Waals surface area contributed by atoms with E-state index < -0.39 is 5.97 Å². The summed E-state index contributed by atoms with van der Waals surface area (Å²) >= 11 is 3.23. The summed E-state index contributed by atoms with van der Waals surface area (Å²) in [4.78, 5) is 11.0. The van der Waals surface area contributed by atoms with Crippen molar-refractivity contribution in [2.75, 3.05) is 13.7 Å². The molecule has 0 aliphatic rings. The summed E-state index contributed by atoms with van der Waals surface area (Å²) in [6.45, 7) is 2.47. The van der Waals surface area contributed by atoms with E-state index in [1.54, 1.807) is 19.2 Å². The van der Waals surface area contributed by atoms with Crippen LogP contribution in [0.2, 0.25) is 0 Å². The molecule has 0 fully saturated rings. The summed E-state index contributed by atoms with van der Waals surface area (Å²) in [5.41, 5.74) is 0.156. The standard InChI is InChI=1S/C12H15BrO4/c1-8(5-6-16-2)17-11-4-3-9(13)7-10(11)12(14)15/h3-4,7-8H,5-6H2,1-2H3,(H,14,15). The average Bonchev–Trinajstić information content (AvgIpc) is 2.28. The van der Waals surface area contributed by atoms with Gasteiger partial charge in [0.15, 0.2) is 0 Å². The summed E-state index contributed by atoms with van der Waals surface area (Å²) in [7, 11) is 1.62. The average molecular weight is 303 g/mol. The fraction of sp³-hybridized carbons (Fsp3) is 0.417. The van der Waals surface area contributed by atoms with Crippen molar-refractivity contribution < 1.29 is 19.4 Å². The molecule has 0 aromatic heterocycles. The van der Waals surface area contributed by atoms with Crippen LogP contribution in [-0.4, -0.2) is 30.9 Å². The normalized spacial score (nSPS) is 12.2. The lowest BCUT2D eigenvalue weighted by Gasteiger charge is -2.16. The second-order valence-corrected chi connectivity index (χ2v) is 4.57. The van der Waals surface area contributed by atoms with E-state index in [9.17, 15) is 4.79 Å². The lowest BCUT2D eigenvalue weighted by molar-refractivity contribution is 0.0687. The zero-order valence-electron chi connectivity index (χ0n) is 9.77. The van der Waals surface area contributed by atoms with Gasteiger partial charge in [0, 0.05) is 24.6 Å². The molecule has 1 unspecified atom stereocenters. The molecule has 94 valence electrons. The zero-order chi connectivity index (χ0) is 12.8. The van der Waals surface area contributed by atoms with Crippen molar-refractivity contribution in [3.05, 3.63) is 28.2 Å². The first kappa shape index (κ1) is 14.0. The first-order valence-electron chi connectivity index (χ1n) is 5.23. The van der Waals surface area contributed by atoms with Gasteiger partial charge in [-0.3, -0.25) is 0 Å². The van der Waals surface area contributed by atoms with E-state index in [0.29, 0.717) is 23.2 Å². The maximum Gasteiger partial charge on any atom is 0.339 e. The van der Waals surface area contributed by atoms with Crippen molar-refractivity contribution in [1.82, 2.24) is 0 Å². The molecule has 1 aromatic rings. The third kappa shape index (κ3) is 4.36. The van der Waals surface area contributed by atoms with E-state index in [0.717, 1.165) is 0 Å². The number of hydrogen-bond donors (Lipinski definition) is 1. The molecule has 5 heteroatoms. The maximum atomic E-state index is 11.0. The van der Waals surface area contributed by atoms with Gasteiger partial charge in [-0.05, 0) is 25.1 Å². The predicted molar refractivity (Wildman–Crippen MR) is 67.7 cm³/mol. The molecule has 0 aliphatic carbocycles.